The Morgan fingerprint density at radius 2 is 1.57 bits per heavy atom. The molecule has 4 rings (SSSR count). The van der Waals surface area contributed by atoms with E-state index < -0.39 is 27.0 Å². The van der Waals surface area contributed by atoms with Crippen LogP contribution >= 0.6 is 11.8 Å². The van der Waals surface area contributed by atoms with Crippen LogP contribution in [0.25, 0.3) is 10.8 Å². The van der Waals surface area contributed by atoms with Crippen LogP contribution in [0.15, 0.2) is 119 Å². The van der Waals surface area contributed by atoms with Crippen molar-refractivity contribution < 1.29 is 18.4 Å². The Morgan fingerprint density at radius 3 is 2.23 bits per heavy atom. The fourth-order valence-corrected chi connectivity index (χ4v) is 7.41. The monoisotopic (exact) mass is 633 g/mol. The van der Waals surface area contributed by atoms with E-state index in [1.807, 2.05) is 68.5 Å². The van der Waals surface area contributed by atoms with E-state index in [1.54, 1.807) is 11.8 Å². The number of rotatable bonds is 15. The number of sulfonamides is 1. The Hall–Kier alpha value is -3.54. The highest BCUT2D eigenvalue weighted by Crippen LogP contribution is 2.26. The van der Waals surface area contributed by atoms with Crippen LogP contribution in [-0.4, -0.2) is 53.7 Å². The molecule has 0 heterocycles. The Balaban J connectivity index is 1.51. The molecular weight excluding hydrogens is 595 g/mol. The quantitative estimate of drug-likeness (QED) is 0.0682. The highest BCUT2D eigenvalue weighted by Gasteiger charge is 2.30. The van der Waals surface area contributed by atoms with Crippen LogP contribution in [0.5, 0.6) is 0 Å². The summed E-state index contributed by atoms with van der Waals surface area (Å²) in [7, 11) is -4.03. The van der Waals surface area contributed by atoms with Crippen molar-refractivity contribution >= 4 is 38.2 Å². The smallest absolute Gasteiger partial charge is 0.269 e. The lowest BCUT2D eigenvalue weighted by Crippen LogP contribution is -2.42. The third kappa shape index (κ3) is 9.23. The number of fused-ring (bicyclic) bond motifs is 1. The number of nitrogens with two attached hydrogens (primary N) is 1. The fourth-order valence-electron chi connectivity index (χ4n) is 4.92. The van der Waals surface area contributed by atoms with Crippen molar-refractivity contribution in [2.75, 3.05) is 18.8 Å². The van der Waals surface area contributed by atoms with Crippen LogP contribution in [0.4, 0.5) is 5.69 Å². The van der Waals surface area contributed by atoms with E-state index in [-0.39, 0.29) is 35.6 Å². The lowest BCUT2D eigenvalue weighted by molar-refractivity contribution is -0.384. The molecule has 0 amide bonds. The SMILES string of the molecule is CC(C)CN(C[C@H](O)[C@@H](/C=C/[C@H](N)CSc1ccc2ccccc2c1)Cc1ccccc1)S(=O)(=O)c1ccc([N+](=O)[O-])cc1. The standard InChI is InChI=1S/C34H39N3O5S2/c1-25(2)22-36(44(41,42)33-18-15-31(16-19-33)37(39)40)23-34(38)29(20-26-8-4-3-5-9-26)12-14-30(35)24-43-32-17-13-27-10-6-7-11-28(27)21-32/h3-19,21,25,29-30,34,38H,20,22-24,35H2,1-2H3/b14-12+/t29-,30-,34-/m0/s1. The molecule has 0 fully saturated rings. The summed E-state index contributed by atoms with van der Waals surface area (Å²) in [5, 5.41) is 24.9. The lowest BCUT2D eigenvalue weighted by atomic mass is 9.92. The summed E-state index contributed by atoms with van der Waals surface area (Å²) in [6.45, 7) is 3.84. The van der Waals surface area contributed by atoms with Gasteiger partial charge in [-0.05, 0) is 52.9 Å². The fraction of sp³-hybridized carbons (Fsp3) is 0.294. The first kappa shape index (κ1) is 33.4. The summed E-state index contributed by atoms with van der Waals surface area (Å²) in [6.07, 6.45) is 3.26. The number of benzene rings is 4. The van der Waals surface area contributed by atoms with Crippen molar-refractivity contribution in [2.45, 2.75) is 42.2 Å². The first-order chi connectivity index (χ1) is 21.0. The topological polar surface area (TPSA) is 127 Å². The van der Waals surface area contributed by atoms with E-state index >= 15 is 0 Å². The number of nitro groups is 1. The molecule has 0 aliphatic rings. The van der Waals surface area contributed by atoms with Gasteiger partial charge in [0.2, 0.25) is 10.0 Å². The average Bonchev–Trinajstić information content (AvgIpc) is 3.01. The second kappa shape index (κ2) is 15.5. The van der Waals surface area contributed by atoms with Crippen molar-refractivity contribution in [3.05, 3.63) is 125 Å². The Labute approximate surface area is 263 Å². The van der Waals surface area contributed by atoms with Gasteiger partial charge < -0.3 is 10.8 Å². The number of aliphatic hydroxyl groups excluding tert-OH is 1. The lowest BCUT2D eigenvalue weighted by Gasteiger charge is -2.29. The molecule has 0 saturated heterocycles. The zero-order chi connectivity index (χ0) is 31.7. The van der Waals surface area contributed by atoms with Crippen molar-refractivity contribution in [1.29, 1.82) is 0 Å². The van der Waals surface area contributed by atoms with E-state index in [4.69, 9.17) is 5.73 Å². The molecule has 0 bridgehead atoms. The molecular formula is C34H39N3O5S2. The maximum atomic E-state index is 13.6. The number of non-ortho nitro benzene ring substituents is 1. The van der Waals surface area contributed by atoms with Crippen LogP contribution in [0.3, 0.4) is 0 Å². The van der Waals surface area contributed by atoms with E-state index in [2.05, 4.69) is 30.3 Å². The maximum absolute atomic E-state index is 13.6. The van der Waals surface area contributed by atoms with Crippen molar-refractivity contribution in [2.24, 2.45) is 17.6 Å². The van der Waals surface area contributed by atoms with Gasteiger partial charge in [-0.3, -0.25) is 10.1 Å². The maximum Gasteiger partial charge on any atom is 0.269 e. The van der Waals surface area contributed by atoms with E-state index in [9.17, 15) is 23.6 Å². The minimum Gasteiger partial charge on any atom is -0.391 e. The third-order valence-electron chi connectivity index (χ3n) is 7.22. The first-order valence-electron chi connectivity index (χ1n) is 14.5. The zero-order valence-electron chi connectivity index (χ0n) is 24.9. The van der Waals surface area contributed by atoms with E-state index in [1.165, 1.54) is 39.3 Å². The molecule has 3 N–H and O–H groups in total. The number of thioether (sulfide) groups is 1. The van der Waals surface area contributed by atoms with E-state index in [0.29, 0.717) is 12.2 Å². The Morgan fingerprint density at radius 1 is 0.909 bits per heavy atom. The summed E-state index contributed by atoms with van der Waals surface area (Å²) < 4.78 is 28.5. The average molecular weight is 634 g/mol. The van der Waals surface area contributed by atoms with Crippen molar-refractivity contribution in [1.82, 2.24) is 4.31 Å². The normalized spacial score (nSPS) is 14.3. The summed E-state index contributed by atoms with van der Waals surface area (Å²) >= 11 is 1.66. The van der Waals surface area contributed by atoms with Gasteiger partial charge in [0.15, 0.2) is 0 Å². The van der Waals surface area contributed by atoms with Crippen LogP contribution in [0, 0.1) is 22.0 Å². The third-order valence-corrected chi connectivity index (χ3v) is 10.2. The van der Waals surface area contributed by atoms with Gasteiger partial charge in [-0.1, -0.05) is 86.7 Å². The van der Waals surface area contributed by atoms with Gasteiger partial charge in [0.25, 0.3) is 5.69 Å². The number of nitrogens with zero attached hydrogens (tertiary/aromatic N) is 2. The highest BCUT2D eigenvalue weighted by molar-refractivity contribution is 7.99. The molecule has 44 heavy (non-hydrogen) atoms. The van der Waals surface area contributed by atoms with E-state index in [0.717, 1.165) is 10.5 Å². The van der Waals surface area contributed by atoms with Crippen LogP contribution in [0.1, 0.15) is 19.4 Å². The predicted molar refractivity (Wildman–Crippen MR) is 178 cm³/mol. The van der Waals surface area contributed by atoms with Gasteiger partial charge in [-0.2, -0.15) is 4.31 Å². The van der Waals surface area contributed by atoms with Crippen molar-refractivity contribution in [3.8, 4) is 0 Å². The molecule has 0 radical (unpaired) electrons. The molecule has 0 saturated carbocycles. The molecule has 4 aromatic rings. The summed E-state index contributed by atoms with van der Waals surface area (Å²) in [5.41, 5.74) is 7.29. The molecule has 0 spiro atoms. The second-order valence-electron chi connectivity index (χ2n) is 11.3. The number of hydrogen-bond acceptors (Lipinski definition) is 7. The molecule has 0 aliphatic heterocycles. The van der Waals surface area contributed by atoms with Gasteiger partial charge in [0.05, 0.1) is 15.9 Å². The van der Waals surface area contributed by atoms with Gasteiger partial charge >= 0.3 is 0 Å². The second-order valence-corrected chi connectivity index (χ2v) is 14.3. The van der Waals surface area contributed by atoms with Crippen LogP contribution < -0.4 is 5.73 Å². The largest absolute Gasteiger partial charge is 0.391 e. The Kier molecular flexibility index (Phi) is 11.7. The predicted octanol–water partition coefficient (Wildman–Crippen LogP) is 6.29. The molecule has 0 aromatic heterocycles. The first-order valence-corrected chi connectivity index (χ1v) is 17.0. The molecule has 0 unspecified atom stereocenters. The van der Waals surface area contributed by atoms with Crippen molar-refractivity contribution in [3.63, 3.8) is 0 Å². The minimum atomic E-state index is -4.03. The van der Waals surface area contributed by atoms with Crippen LogP contribution in [0.2, 0.25) is 0 Å². The number of nitro benzene ring substituents is 1. The minimum absolute atomic E-state index is 0.0151. The highest BCUT2D eigenvalue weighted by atomic mass is 32.2. The van der Waals surface area contributed by atoms with Gasteiger partial charge in [-0.15, -0.1) is 11.8 Å². The van der Waals surface area contributed by atoms with Gasteiger partial charge in [-0.25, -0.2) is 8.42 Å². The number of aliphatic hydroxyl groups is 1. The molecule has 4 aromatic carbocycles. The molecule has 3 atom stereocenters. The summed E-state index contributed by atoms with van der Waals surface area (Å²) in [4.78, 5) is 11.6. The molecule has 8 nitrogen and oxygen atoms in total. The zero-order valence-corrected chi connectivity index (χ0v) is 26.5. The summed E-state index contributed by atoms with van der Waals surface area (Å²) in [5.74, 6) is 0.214. The van der Waals surface area contributed by atoms with Crippen LogP contribution in [-0.2, 0) is 16.4 Å². The molecule has 232 valence electrons. The summed E-state index contributed by atoms with van der Waals surface area (Å²) in [6, 6.07) is 28.8. The molecule has 0 aliphatic carbocycles. The molecule has 10 heteroatoms. The Bertz CT molecular complexity index is 1660. The number of hydrogen-bond donors (Lipinski definition) is 2. The van der Waals surface area contributed by atoms with Gasteiger partial charge in [0, 0.05) is 47.8 Å². The van der Waals surface area contributed by atoms with Gasteiger partial charge in [0.1, 0.15) is 0 Å².